The largest absolute Gasteiger partial charge is 0.420 e. The fourth-order valence-electron chi connectivity index (χ4n) is 2.75. The van der Waals surface area contributed by atoms with Crippen molar-refractivity contribution in [2.45, 2.75) is 19.4 Å². The normalized spacial score (nSPS) is 12.3. The van der Waals surface area contributed by atoms with E-state index in [1.54, 1.807) is 4.57 Å². The van der Waals surface area contributed by atoms with E-state index in [9.17, 15) is 9.90 Å². The van der Waals surface area contributed by atoms with E-state index in [1.165, 1.54) is 0 Å². The van der Waals surface area contributed by atoms with Crippen molar-refractivity contribution in [1.82, 2.24) is 4.57 Å². The first kappa shape index (κ1) is 15.3. The quantitative estimate of drug-likeness (QED) is 0.781. The molecule has 4 nitrogen and oxygen atoms in total. The molecule has 0 unspecified atom stereocenters. The number of nitrogens with zero attached hydrogens (tertiary/aromatic N) is 1. The lowest BCUT2D eigenvalue weighted by Gasteiger charge is -2.14. The molecule has 118 valence electrons. The van der Waals surface area contributed by atoms with Crippen molar-refractivity contribution in [3.63, 3.8) is 0 Å². The van der Waals surface area contributed by atoms with Crippen LogP contribution >= 0.6 is 0 Å². The molecule has 1 heterocycles. The maximum atomic E-state index is 12.4. The minimum atomic E-state index is -0.399. The molecule has 0 radical (unpaired) electrons. The highest BCUT2D eigenvalue weighted by Gasteiger charge is 2.22. The topological polar surface area (TPSA) is 55.4 Å². The van der Waals surface area contributed by atoms with Crippen molar-refractivity contribution >= 4 is 0 Å². The van der Waals surface area contributed by atoms with Crippen LogP contribution in [0.3, 0.4) is 0 Å². The van der Waals surface area contributed by atoms with Crippen LogP contribution in [0.1, 0.15) is 19.4 Å². The Kier molecular flexibility index (Phi) is 4.44. The van der Waals surface area contributed by atoms with Gasteiger partial charge in [0, 0.05) is 23.8 Å². The van der Waals surface area contributed by atoms with Gasteiger partial charge < -0.3 is 9.52 Å². The summed E-state index contributed by atoms with van der Waals surface area (Å²) >= 11 is 0. The molecule has 4 heteroatoms. The summed E-state index contributed by atoms with van der Waals surface area (Å²) in [5, 5.41) is 9.23. The monoisotopic (exact) mass is 309 g/mol. The molecule has 0 saturated carbocycles. The summed E-state index contributed by atoms with van der Waals surface area (Å²) < 4.78 is 7.21. The Hall–Kier alpha value is -2.59. The van der Waals surface area contributed by atoms with Gasteiger partial charge in [0.1, 0.15) is 0 Å². The fourth-order valence-corrected chi connectivity index (χ4v) is 2.75. The Balaban J connectivity index is 2.25. The van der Waals surface area contributed by atoms with Gasteiger partial charge >= 0.3 is 5.76 Å². The Morgan fingerprint density at radius 2 is 1.57 bits per heavy atom. The molecule has 23 heavy (non-hydrogen) atoms. The number of aliphatic hydroxyl groups is 1. The van der Waals surface area contributed by atoms with Gasteiger partial charge in [-0.3, -0.25) is 4.57 Å². The van der Waals surface area contributed by atoms with E-state index in [1.807, 2.05) is 67.6 Å². The second-order valence-corrected chi connectivity index (χ2v) is 5.51. The number of hydrogen-bond acceptors (Lipinski definition) is 3. The molecule has 1 aromatic heterocycles. The number of aromatic nitrogens is 1. The number of oxazole rings is 1. The number of hydrogen-bond donors (Lipinski definition) is 1. The van der Waals surface area contributed by atoms with Gasteiger partial charge in [-0.05, 0) is 13.3 Å². The Morgan fingerprint density at radius 3 is 2.13 bits per heavy atom. The summed E-state index contributed by atoms with van der Waals surface area (Å²) in [6.07, 6.45) is 0.494. The molecule has 0 aliphatic carbocycles. The molecule has 0 aliphatic heterocycles. The summed E-state index contributed by atoms with van der Waals surface area (Å²) in [6.45, 7) is 1.93. The van der Waals surface area contributed by atoms with Crippen molar-refractivity contribution in [2.24, 2.45) is 0 Å². The molecule has 0 bridgehead atoms. The van der Waals surface area contributed by atoms with Gasteiger partial charge in [0.25, 0.3) is 0 Å². The molecule has 0 saturated heterocycles. The van der Waals surface area contributed by atoms with Gasteiger partial charge in [-0.15, -0.1) is 0 Å². The van der Waals surface area contributed by atoms with E-state index in [4.69, 9.17) is 4.42 Å². The zero-order chi connectivity index (χ0) is 16.2. The Bertz CT molecular complexity index is 819. The van der Waals surface area contributed by atoms with Gasteiger partial charge in [-0.25, -0.2) is 4.79 Å². The minimum Gasteiger partial charge on any atom is -0.407 e. The second kappa shape index (κ2) is 6.67. The van der Waals surface area contributed by atoms with E-state index in [0.29, 0.717) is 12.2 Å². The maximum absolute atomic E-state index is 12.4. The van der Waals surface area contributed by atoms with E-state index >= 15 is 0 Å². The van der Waals surface area contributed by atoms with Crippen molar-refractivity contribution in [3.8, 4) is 22.6 Å². The van der Waals surface area contributed by atoms with Gasteiger partial charge in [0.15, 0.2) is 5.76 Å². The zero-order valence-electron chi connectivity index (χ0n) is 13.0. The predicted octanol–water partition coefficient (Wildman–Crippen LogP) is 3.72. The van der Waals surface area contributed by atoms with Gasteiger partial charge in [0.2, 0.25) is 0 Å². The number of benzene rings is 2. The average molecular weight is 309 g/mol. The van der Waals surface area contributed by atoms with E-state index in [-0.39, 0.29) is 12.6 Å². The van der Waals surface area contributed by atoms with E-state index < -0.39 is 5.76 Å². The lowest BCUT2D eigenvalue weighted by molar-refractivity contribution is 0.259. The van der Waals surface area contributed by atoms with Crippen molar-refractivity contribution in [3.05, 3.63) is 71.2 Å². The van der Waals surface area contributed by atoms with Crippen LogP contribution in [0.15, 0.2) is 69.9 Å². The number of aliphatic hydroxyl groups excluding tert-OH is 1. The van der Waals surface area contributed by atoms with Crippen LogP contribution in [0.4, 0.5) is 0 Å². The molecule has 0 amide bonds. The van der Waals surface area contributed by atoms with Crippen LogP contribution in [0, 0.1) is 0 Å². The summed E-state index contributed by atoms with van der Waals surface area (Å²) in [5.41, 5.74) is 2.53. The standard InChI is InChI=1S/C19H19NO3/c1-14(12-13-21)20-17(15-8-4-2-5-9-15)18(23-19(20)22)16-10-6-3-7-11-16/h2-11,14,21H,12-13H2,1H3/t14-/m0/s1. The third kappa shape index (κ3) is 2.98. The van der Waals surface area contributed by atoms with Crippen molar-refractivity contribution < 1.29 is 9.52 Å². The molecule has 3 aromatic rings. The van der Waals surface area contributed by atoms with Crippen molar-refractivity contribution in [1.29, 1.82) is 0 Å². The average Bonchev–Trinajstić information content (AvgIpc) is 2.94. The van der Waals surface area contributed by atoms with Gasteiger partial charge in [-0.1, -0.05) is 60.7 Å². The first-order valence-electron chi connectivity index (χ1n) is 7.69. The van der Waals surface area contributed by atoms with Gasteiger partial charge in [-0.2, -0.15) is 0 Å². The summed E-state index contributed by atoms with van der Waals surface area (Å²) in [5.74, 6) is 0.162. The first-order valence-corrected chi connectivity index (χ1v) is 7.69. The van der Waals surface area contributed by atoms with Gasteiger partial charge in [0.05, 0.1) is 5.69 Å². The first-order chi connectivity index (χ1) is 11.2. The third-order valence-corrected chi connectivity index (χ3v) is 3.91. The molecule has 0 fully saturated rings. The smallest absolute Gasteiger partial charge is 0.407 e. The fraction of sp³-hybridized carbons (Fsp3) is 0.211. The molecule has 0 aliphatic rings. The molecule has 1 atom stereocenters. The highest BCUT2D eigenvalue weighted by molar-refractivity contribution is 5.77. The van der Waals surface area contributed by atoms with Crippen LogP contribution in [0.2, 0.25) is 0 Å². The SMILES string of the molecule is C[C@@H](CCO)n1c(-c2ccccc2)c(-c2ccccc2)oc1=O. The lowest BCUT2D eigenvalue weighted by atomic mass is 10.0. The molecule has 2 aromatic carbocycles. The second-order valence-electron chi connectivity index (χ2n) is 5.51. The minimum absolute atomic E-state index is 0.0215. The molecular weight excluding hydrogens is 290 g/mol. The highest BCUT2D eigenvalue weighted by atomic mass is 16.4. The molecule has 1 N–H and O–H groups in total. The predicted molar refractivity (Wildman–Crippen MR) is 90.3 cm³/mol. The third-order valence-electron chi connectivity index (χ3n) is 3.91. The summed E-state index contributed by atoms with van der Waals surface area (Å²) in [7, 11) is 0. The van der Waals surface area contributed by atoms with Crippen LogP contribution in [-0.2, 0) is 0 Å². The highest BCUT2D eigenvalue weighted by Crippen LogP contribution is 2.33. The molecule has 0 spiro atoms. The Labute approximate surface area is 134 Å². The molecular formula is C19H19NO3. The van der Waals surface area contributed by atoms with Crippen molar-refractivity contribution in [2.75, 3.05) is 6.61 Å². The zero-order valence-corrected chi connectivity index (χ0v) is 13.0. The van der Waals surface area contributed by atoms with Crippen LogP contribution in [-0.4, -0.2) is 16.3 Å². The van der Waals surface area contributed by atoms with E-state index in [0.717, 1.165) is 16.8 Å². The Morgan fingerprint density at radius 1 is 1.00 bits per heavy atom. The van der Waals surface area contributed by atoms with E-state index in [2.05, 4.69) is 0 Å². The molecule has 3 rings (SSSR count). The van der Waals surface area contributed by atoms with Crippen LogP contribution < -0.4 is 5.76 Å². The maximum Gasteiger partial charge on any atom is 0.420 e. The lowest BCUT2D eigenvalue weighted by Crippen LogP contribution is -2.20. The summed E-state index contributed by atoms with van der Waals surface area (Å²) in [4.78, 5) is 12.4. The van der Waals surface area contributed by atoms with Crippen LogP contribution in [0.5, 0.6) is 0 Å². The number of rotatable bonds is 5. The van der Waals surface area contributed by atoms with Crippen LogP contribution in [0.25, 0.3) is 22.6 Å². The summed E-state index contributed by atoms with van der Waals surface area (Å²) in [6, 6.07) is 19.2.